The minimum Gasteiger partial charge on any atom is -0.350 e. The molecule has 3 N–H and O–H groups in total. The highest BCUT2D eigenvalue weighted by Gasteiger charge is 2.53. The van der Waals surface area contributed by atoms with Crippen LogP contribution in [0, 0.1) is 0 Å². The van der Waals surface area contributed by atoms with Gasteiger partial charge in [-0.05, 0) is 6.92 Å². The van der Waals surface area contributed by atoms with E-state index in [9.17, 15) is 18.0 Å². The number of aromatic nitrogens is 2. The molecule has 1 unspecified atom stereocenters. The number of hydrogen-bond donors (Lipinski definition) is 2. The summed E-state index contributed by atoms with van der Waals surface area (Å²) in [6, 6.07) is 0. The normalized spacial score (nSPS) is 15.4. The van der Waals surface area contributed by atoms with Crippen molar-refractivity contribution in [1.82, 2.24) is 15.1 Å². The molecule has 8 heteroatoms. The van der Waals surface area contributed by atoms with E-state index in [4.69, 9.17) is 5.73 Å². The molecule has 1 atom stereocenters. The van der Waals surface area contributed by atoms with E-state index in [1.807, 2.05) is 0 Å². The lowest BCUT2D eigenvalue weighted by Gasteiger charge is -2.25. The van der Waals surface area contributed by atoms with Crippen molar-refractivity contribution in [1.29, 1.82) is 0 Å². The second kappa shape index (κ2) is 4.36. The molecule has 0 aromatic carbocycles. The van der Waals surface area contributed by atoms with E-state index in [1.54, 1.807) is 13.2 Å². The number of hydrogen-bond acceptors (Lipinski definition) is 3. The third-order valence-corrected chi connectivity index (χ3v) is 2.27. The van der Waals surface area contributed by atoms with Crippen LogP contribution in [-0.2, 0) is 18.4 Å². The Morgan fingerprint density at radius 3 is 2.59 bits per heavy atom. The summed E-state index contributed by atoms with van der Waals surface area (Å²) in [5, 5.41) is 5.94. The maximum atomic E-state index is 12.4. The smallest absolute Gasteiger partial charge is 0.350 e. The summed E-state index contributed by atoms with van der Waals surface area (Å²) >= 11 is 0. The molecule has 1 rings (SSSR count). The number of aryl methyl sites for hydroxylation is 1. The Morgan fingerprint density at radius 2 is 2.18 bits per heavy atom. The molecule has 0 fully saturated rings. The standard InChI is InChI=1S/C9H13F3N4O/c1-8(13,9(10,11)12)7(17)14-3-6-4-15-16(2)5-6/h4-5H,3,13H2,1-2H3,(H,14,17). The predicted molar refractivity (Wildman–Crippen MR) is 53.7 cm³/mol. The lowest BCUT2D eigenvalue weighted by Crippen LogP contribution is -2.61. The lowest BCUT2D eigenvalue weighted by atomic mass is 10.0. The van der Waals surface area contributed by atoms with E-state index < -0.39 is 17.6 Å². The fraction of sp³-hybridized carbons (Fsp3) is 0.556. The Kier molecular flexibility index (Phi) is 3.46. The number of carbonyl (C=O) groups is 1. The van der Waals surface area contributed by atoms with Crippen LogP contribution in [0.15, 0.2) is 12.4 Å². The van der Waals surface area contributed by atoms with Crippen LogP contribution in [-0.4, -0.2) is 27.4 Å². The molecule has 17 heavy (non-hydrogen) atoms. The first kappa shape index (κ1) is 13.5. The fourth-order valence-electron chi connectivity index (χ4n) is 1.06. The second-order valence-electron chi connectivity index (χ2n) is 3.91. The molecular weight excluding hydrogens is 237 g/mol. The van der Waals surface area contributed by atoms with Gasteiger partial charge < -0.3 is 11.1 Å². The molecule has 1 amide bonds. The van der Waals surface area contributed by atoms with Crippen LogP contribution >= 0.6 is 0 Å². The lowest BCUT2D eigenvalue weighted by molar-refractivity contribution is -0.187. The van der Waals surface area contributed by atoms with E-state index in [-0.39, 0.29) is 6.54 Å². The molecule has 0 aliphatic rings. The van der Waals surface area contributed by atoms with E-state index in [0.717, 1.165) is 0 Å². The van der Waals surface area contributed by atoms with E-state index in [1.165, 1.54) is 10.9 Å². The summed E-state index contributed by atoms with van der Waals surface area (Å²) in [7, 11) is 1.66. The van der Waals surface area contributed by atoms with Crippen LogP contribution in [0.1, 0.15) is 12.5 Å². The van der Waals surface area contributed by atoms with Gasteiger partial charge in [-0.25, -0.2) is 0 Å². The summed E-state index contributed by atoms with van der Waals surface area (Å²) in [5.74, 6) is -1.27. The van der Waals surface area contributed by atoms with Crippen molar-refractivity contribution < 1.29 is 18.0 Å². The number of amides is 1. The average molecular weight is 250 g/mol. The summed E-state index contributed by atoms with van der Waals surface area (Å²) < 4.78 is 38.7. The highest BCUT2D eigenvalue weighted by Crippen LogP contribution is 2.27. The van der Waals surface area contributed by atoms with Crippen LogP contribution in [0.2, 0.25) is 0 Å². The van der Waals surface area contributed by atoms with Gasteiger partial charge in [0.25, 0.3) is 0 Å². The molecule has 0 spiro atoms. The van der Waals surface area contributed by atoms with Gasteiger partial charge in [0.1, 0.15) is 0 Å². The number of nitrogens with zero attached hydrogens (tertiary/aromatic N) is 2. The Morgan fingerprint density at radius 1 is 1.59 bits per heavy atom. The van der Waals surface area contributed by atoms with Crippen LogP contribution < -0.4 is 11.1 Å². The third kappa shape index (κ3) is 2.96. The zero-order valence-electron chi connectivity index (χ0n) is 9.38. The van der Waals surface area contributed by atoms with Crippen LogP contribution in [0.25, 0.3) is 0 Å². The molecule has 0 radical (unpaired) electrons. The molecular formula is C9H13F3N4O. The molecule has 96 valence electrons. The van der Waals surface area contributed by atoms with Crippen molar-refractivity contribution in [2.75, 3.05) is 0 Å². The maximum absolute atomic E-state index is 12.4. The molecule has 1 heterocycles. The topological polar surface area (TPSA) is 72.9 Å². The number of halogens is 3. The number of carbonyl (C=O) groups excluding carboxylic acids is 1. The summed E-state index contributed by atoms with van der Waals surface area (Å²) in [4.78, 5) is 11.3. The summed E-state index contributed by atoms with van der Waals surface area (Å²) in [5.41, 5.74) is 2.65. The van der Waals surface area contributed by atoms with Gasteiger partial charge in [-0.3, -0.25) is 9.48 Å². The van der Waals surface area contributed by atoms with Gasteiger partial charge in [0.05, 0.1) is 6.20 Å². The van der Waals surface area contributed by atoms with Gasteiger partial charge in [-0.2, -0.15) is 18.3 Å². The summed E-state index contributed by atoms with van der Waals surface area (Å²) in [6.45, 7) is 0.584. The highest BCUT2D eigenvalue weighted by atomic mass is 19.4. The number of nitrogens with two attached hydrogens (primary N) is 1. The molecule has 0 saturated heterocycles. The van der Waals surface area contributed by atoms with Crippen molar-refractivity contribution in [3.05, 3.63) is 18.0 Å². The van der Waals surface area contributed by atoms with Gasteiger partial charge in [0, 0.05) is 25.4 Å². The first-order chi connectivity index (χ1) is 7.64. The predicted octanol–water partition coefficient (Wildman–Crippen LogP) is 0.316. The van der Waals surface area contributed by atoms with E-state index in [0.29, 0.717) is 12.5 Å². The SMILES string of the molecule is Cn1cc(CNC(=O)C(C)(N)C(F)(F)F)cn1. The van der Waals surface area contributed by atoms with Gasteiger partial charge >= 0.3 is 6.18 Å². The van der Waals surface area contributed by atoms with Gasteiger partial charge in [0.2, 0.25) is 5.91 Å². The zero-order chi connectivity index (χ0) is 13.3. The maximum Gasteiger partial charge on any atom is 0.415 e. The minimum absolute atomic E-state index is 0.0461. The minimum atomic E-state index is -4.79. The monoisotopic (exact) mass is 250 g/mol. The number of rotatable bonds is 3. The van der Waals surface area contributed by atoms with Crippen LogP contribution in [0.3, 0.4) is 0 Å². The molecule has 1 aromatic heterocycles. The van der Waals surface area contributed by atoms with Crippen molar-refractivity contribution in [2.45, 2.75) is 25.2 Å². The molecule has 0 aliphatic heterocycles. The van der Waals surface area contributed by atoms with E-state index >= 15 is 0 Å². The third-order valence-electron chi connectivity index (χ3n) is 2.27. The molecule has 0 saturated carbocycles. The summed E-state index contributed by atoms with van der Waals surface area (Å²) in [6.07, 6.45) is -1.75. The molecule has 1 aromatic rings. The van der Waals surface area contributed by atoms with Crippen LogP contribution in [0.5, 0.6) is 0 Å². The van der Waals surface area contributed by atoms with Crippen molar-refractivity contribution in [3.8, 4) is 0 Å². The van der Waals surface area contributed by atoms with Crippen LogP contribution in [0.4, 0.5) is 13.2 Å². The fourth-order valence-corrected chi connectivity index (χ4v) is 1.06. The van der Waals surface area contributed by atoms with Gasteiger partial charge in [-0.15, -0.1) is 0 Å². The quantitative estimate of drug-likeness (QED) is 0.811. The number of nitrogens with one attached hydrogen (secondary N) is 1. The van der Waals surface area contributed by atoms with Crippen molar-refractivity contribution in [3.63, 3.8) is 0 Å². The second-order valence-corrected chi connectivity index (χ2v) is 3.91. The molecule has 0 bridgehead atoms. The first-order valence-corrected chi connectivity index (χ1v) is 4.76. The Bertz CT molecular complexity index is 411. The van der Waals surface area contributed by atoms with Gasteiger partial charge in [-0.1, -0.05) is 0 Å². The number of alkyl halides is 3. The van der Waals surface area contributed by atoms with Crippen molar-refractivity contribution in [2.24, 2.45) is 12.8 Å². The largest absolute Gasteiger partial charge is 0.415 e. The average Bonchev–Trinajstić information content (AvgIpc) is 2.58. The first-order valence-electron chi connectivity index (χ1n) is 4.76. The Hall–Kier alpha value is -1.57. The van der Waals surface area contributed by atoms with Crippen molar-refractivity contribution >= 4 is 5.91 Å². The highest BCUT2D eigenvalue weighted by molar-refractivity contribution is 5.86. The molecule has 5 nitrogen and oxygen atoms in total. The Balaban J connectivity index is 2.61. The molecule has 0 aliphatic carbocycles. The van der Waals surface area contributed by atoms with E-state index in [2.05, 4.69) is 10.4 Å². The zero-order valence-corrected chi connectivity index (χ0v) is 9.38. The Labute approximate surface area is 95.8 Å². The van der Waals surface area contributed by atoms with Gasteiger partial charge in [0.15, 0.2) is 5.54 Å².